The maximum Gasteiger partial charge on any atom is 0.252 e. The zero-order valence-electron chi connectivity index (χ0n) is 12.1. The average Bonchev–Trinajstić information content (AvgIpc) is 2.47. The second kappa shape index (κ2) is 4.81. The molecule has 4 heteroatoms. The highest BCUT2D eigenvalue weighted by molar-refractivity contribution is 6.07. The third-order valence-corrected chi connectivity index (χ3v) is 4.64. The number of rotatable bonds is 2. The first-order valence-electron chi connectivity index (χ1n) is 7.07. The first-order chi connectivity index (χ1) is 9.91. The second-order valence-corrected chi connectivity index (χ2v) is 6.24. The summed E-state index contributed by atoms with van der Waals surface area (Å²) in [4.78, 5) is 12.5. The maximum atomic E-state index is 13.8. The fourth-order valence-corrected chi connectivity index (χ4v) is 2.84. The average molecular weight is 287 g/mol. The number of hydrogen-bond donors (Lipinski definition) is 2. The molecule has 1 aliphatic carbocycles. The van der Waals surface area contributed by atoms with E-state index >= 15 is 0 Å². The van der Waals surface area contributed by atoms with Gasteiger partial charge in [-0.1, -0.05) is 38.1 Å². The van der Waals surface area contributed by atoms with Gasteiger partial charge in [-0.3, -0.25) is 4.79 Å². The van der Waals surface area contributed by atoms with Crippen molar-refractivity contribution in [3.8, 4) is 0 Å². The third-order valence-electron chi connectivity index (χ3n) is 4.64. The number of aliphatic hydroxyl groups is 1. The van der Waals surface area contributed by atoms with Crippen LogP contribution < -0.4 is 5.32 Å². The number of carbonyl (C=O) groups is 1. The van der Waals surface area contributed by atoms with Crippen LogP contribution in [0.4, 0.5) is 4.39 Å². The van der Waals surface area contributed by atoms with E-state index in [1.54, 1.807) is 24.3 Å². The van der Waals surface area contributed by atoms with Crippen molar-refractivity contribution in [2.75, 3.05) is 0 Å². The van der Waals surface area contributed by atoms with Crippen molar-refractivity contribution in [3.63, 3.8) is 0 Å². The number of hydrogen-bond acceptors (Lipinski definition) is 2. The minimum absolute atomic E-state index is 0.0659. The van der Waals surface area contributed by atoms with Gasteiger partial charge >= 0.3 is 0 Å². The molecule has 2 unspecified atom stereocenters. The predicted octanol–water partition coefficient (Wildman–Crippen LogP) is 2.87. The van der Waals surface area contributed by atoms with Crippen LogP contribution in [0.2, 0.25) is 0 Å². The molecule has 2 atom stereocenters. The zero-order valence-corrected chi connectivity index (χ0v) is 12.1. The van der Waals surface area contributed by atoms with Gasteiger partial charge in [0.25, 0.3) is 5.91 Å². The second-order valence-electron chi connectivity index (χ2n) is 6.24. The molecular formula is C17H18FNO2. The summed E-state index contributed by atoms with van der Waals surface area (Å²) in [5.41, 5.74) is 0.134. The van der Waals surface area contributed by atoms with Gasteiger partial charge in [0.15, 0.2) is 0 Å². The molecule has 1 amide bonds. The SMILES string of the molecule is CC1(C)C(O)CC1NC(=O)c1ccc(F)c2ccccc12. The lowest BCUT2D eigenvalue weighted by Crippen LogP contribution is -2.61. The van der Waals surface area contributed by atoms with Crippen LogP contribution in [-0.2, 0) is 0 Å². The van der Waals surface area contributed by atoms with Crippen LogP contribution in [0, 0.1) is 11.2 Å². The molecule has 0 saturated heterocycles. The van der Waals surface area contributed by atoms with E-state index in [4.69, 9.17) is 0 Å². The first-order valence-corrected chi connectivity index (χ1v) is 7.07. The Morgan fingerprint density at radius 3 is 2.52 bits per heavy atom. The normalized spacial score (nSPS) is 23.6. The number of halogens is 1. The van der Waals surface area contributed by atoms with Gasteiger partial charge in [-0.2, -0.15) is 0 Å². The summed E-state index contributed by atoms with van der Waals surface area (Å²) >= 11 is 0. The van der Waals surface area contributed by atoms with Gasteiger partial charge < -0.3 is 10.4 Å². The van der Waals surface area contributed by atoms with E-state index < -0.39 is 6.10 Å². The van der Waals surface area contributed by atoms with Crippen LogP contribution in [0.15, 0.2) is 36.4 Å². The highest BCUT2D eigenvalue weighted by atomic mass is 19.1. The molecule has 1 saturated carbocycles. The van der Waals surface area contributed by atoms with Crippen LogP contribution in [0.25, 0.3) is 10.8 Å². The molecule has 0 heterocycles. The summed E-state index contributed by atoms with van der Waals surface area (Å²) in [5, 5.41) is 13.7. The Hall–Kier alpha value is -1.94. The number of benzene rings is 2. The molecule has 0 bridgehead atoms. The summed E-state index contributed by atoms with van der Waals surface area (Å²) in [5.74, 6) is -0.558. The van der Waals surface area contributed by atoms with Gasteiger partial charge in [-0.05, 0) is 23.9 Å². The van der Waals surface area contributed by atoms with Crippen LogP contribution >= 0.6 is 0 Å². The van der Waals surface area contributed by atoms with E-state index in [0.717, 1.165) is 0 Å². The Kier molecular flexibility index (Phi) is 3.21. The molecule has 1 fully saturated rings. The van der Waals surface area contributed by atoms with E-state index in [1.807, 2.05) is 13.8 Å². The monoisotopic (exact) mass is 287 g/mol. The van der Waals surface area contributed by atoms with Crippen molar-refractivity contribution in [2.45, 2.75) is 32.4 Å². The maximum absolute atomic E-state index is 13.8. The minimum atomic E-state index is -0.396. The lowest BCUT2D eigenvalue weighted by Gasteiger charge is -2.49. The van der Waals surface area contributed by atoms with E-state index in [2.05, 4.69) is 5.32 Å². The highest BCUT2D eigenvalue weighted by Gasteiger charge is 2.48. The quantitative estimate of drug-likeness (QED) is 0.892. The Balaban J connectivity index is 1.91. The standard InChI is InChI=1S/C17H18FNO2/c1-17(2)14(9-15(17)20)19-16(21)12-7-8-13(18)11-6-4-3-5-10(11)12/h3-8,14-15,20H,9H2,1-2H3,(H,19,21). The number of fused-ring (bicyclic) bond motifs is 1. The van der Waals surface area contributed by atoms with Crippen molar-refractivity contribution in [1.82, 2.24) is 5.32 Å². The van der Waals surface area contributed by atoms with Gasteiger partial charge in [0.05, 0.1) is 6.10 Å². The van der Waals surface area contributed by atoms with Crippen molar-refractivity contribution in [1.29, 1.82) is 0 Å². The topological polar surface area (TPSA) is 49.3 Å². The molecule has 0 aromatic heterocycles. The summed E-state index contributed by atoms with van der Waals surface area (Å²) < 4.78 is 13.8. The van der Waals surface area contributed by atoms with Gasteiger partial charge in [-0.15, -0.1) is 0 Å². The molecule has 2 N–H and O–H groups in total. The fourth-order valence-electron chi connectivity index (χ4n) is 2.84. The molecular weight excluding hydrogens is 269 g/mol. The van der Waals surface area contributed by atoms with Crippen molar-refractivity contribution in [3.05, 3.63) is 47.8 Å². The summed E-state index contributed by atoms with van der Waals surface area (Å²) in [6.07, 6.45) is 0.158. The molecule has 110 valence electrons. The summed E-state index contributed by atoms with van der Waals surface area (Å²) in [6.45, 7) is 3.85. The van der Waals surface area contributed by atoms with E-state index in [0.29, 0.717) is 22.8 Å². The molecule has 2 aromatic rings. The number of amides is 1. The van der Waals surface area contributed by atoms with Gasteiger partial charge in [0.1, 0.15) is 5.82 Å². The molecule has 2 aromatic carbocycles. The van der Waals surface area contributed by atoms with Gasteiger partial charge in [-0.25, -0.2) is 4.39 Å². The van der Waals surface area contributed by atoms with Crippen molar-refractivity contribution >= 4 is 16.7 Å². The van der Waals surface area contributed by atoms with Crippen LogP contribution in [0.3, 0.4) is 0 Å². The number of nitrogens with one attached hydrogen (secondary N) is 1. The van der Waals surface area contributed by atoms with Crippen LogP contribution in [0.1, 0.15) is 30.6 Å². The number of carbonyl (C=O) groups excluding carboxylic acids is 1. The summed E-state index contributed by atoms with van der Waals surface area (Å²) in [7, 11) is 0. The van der Waals surface area contributed by atoms with E-state index in [1.165, 1.54) is 12.1 Å². The Morgan fingerprint density at radius 2 is 1.90 bits per heavy atom. The van der Waals surface area contributed by atoms with Crippen LogP contribution in [0.5, 0.6) is 0 Å². The molecule has 0 aliphatic heterocycles. The van der Waals surface area contributed by atoms with Gasteiger partial charge in [0.2, 0.25) is 0 Å². The number of aliphatic hydroxyl groups excluding tert-OH is 1. The first kappa shape index (κ1) is 14.0. The van der Waals surface area contributed by atoms with Crippen molar-refractivity contribution in [2.24, 2.45) is 5.41 Å². The molecule has 3 nitrogen and oxygen atoms in total. The van der Waals surface area contributed by atoms with Crippen molar-refractivity contribution < 1.29 is 14.3 Å². The largest absolute Gasteiger partial charge is 0.392 e. The van der Waals surface area contributed by atoms with Crippen LogP contribution in [-0.4, -0.2) is 23.2 Å². The lowest BCUT2D eigenvalue weighted by atomic mass is 9.64. The molecule has 21 heavy (non-hydrogen) atoms. The Labute approximate surface area is 122 Å². The predicted molar refractivity (Wildman–Crippen MR) is 79.6 cm³/mol. The molecule has 0 radical (unpaired) electrons. The highest BCUT2D eigenvalue weighted by Crippen LogP contribution is 2.40. The Morgan fingerprint density at radius 1 is 1.24 bits per heavy atom. The molecule has 0 spiro atoms. The Bertz CT molecular complexity index is 711. The smallest absolute Gasteiger partial charge is 0.252 e. The van der Waals surface area contributed by atoms with E-state index in [9.17, 15) is 14.3 Å². The summed E-state index contributed by atoms with van der Waals surface area (Å²) in [6, 6.07) is 9.71. The third kappa shape index (κ3) is 2.20. The molecule has 1 aliphatic rings. The molecule has 3 rings (SSSR count). The van der Waals surface area contributed by atoms with E-state index in [-0.39, 0.29) is 23.2 Å². The zero-order chi connectivity index (χ0) is 15.2. The lowest BCUT2D eigenvalue weighted by molar-refractivity contribution is -0.0689. The minimum Gasteiger partial charge on any atom is -0.392 e. The van der Waals surface area contributed by atoms with Gasteiger partial charge in [0, 0.05) is 22.4 Å². The fraction of sp³-hybridized carbons (Fsp3) is 0.353.